The van der Waals surface area contributed by atoms with Gasteiger partial charge in [0.1, 0.15) is 17.4 Å². The number of halogens is 1. The number of carbonyl (C=O) groups is 2. The summed E-state index contributed by atoms with van der Waals surface area (Å²) in [5.74, 6) is 0.941. The Morgan fingerprint density at radius 2 is 1.97 bits per heavy atom. The van der Waals surface area contributed by atoms with E-state index in [1.807, 2.05) is 30.5 Å². The van der Waals surface area contributed by atoms with Crippen molar-refractivity contribution in [3.8, 4) is 5.75 Å². The molecule has 8 nitrogen and oxygen atoms in total. The Balaban J connectivity index is 1.42. The van der Waals surface area contributed by atoms with Gasteiger partial charge in [-0.25, -0.2) is 4.79 Å². The van der Waals surface area contributed by atoms with Crippen LogP contribution in [0.5, 0.6) is 5.75 Å². The van der Waals surface area contributed by atoms with Crippen LogP contribution in [0.2, 0.25) is 5.02 Å². The van der Waals surface area contributed by atoms with Crippen LogP contribution < -0.4 is 10.1 Å². The lowest BCUT2D eigenvalue weighted by atomic mass is 9.96. The summed E-state index contributed by atoms with van der Waals surface area (Å²) < 4.78 is 12.9. The fourth-order valence-corrected chi connectivity index (χ4v) is 6.73. The normalized spacial score (nSPS) is 13.4. The summed E-state index contributed by atoms with van der Waals surface area (Å²) in [6.45, 7) is 4.82. The SMILES string of the molecule is CCn1c(COc2ccc(Cl)cc2C)nnc1SCC(=O)Nc1sc2c(c1C(=O)OC)CCCCCC2. The van der Waals surface area contributed by atoms with Crippen LogP contribution in [0.15, 0.2) is 23.4 Å². The van der Waals surface area contributed by atoms with E-state index in [9.17, 15) is 9.59 Å². The highest BCUT2D eigenvalue weighted by Crippen LogP contribution is 2.37. The molecule has 0 aliphatic heterocycles. The Kier molecular flexibility index (Phi) is 9.50. The van der Waals surface area contributed by atoms with Gasteiger partial charge in [-0.15, -0.1) is 21.5 Å². The van der Waals surface area contributed by atoms with Gasteiger partial charge in [0.2, 0.25) is 5.91 Å². The Morgan fingerprint density at radius 3 is 2.70 bits per heavy atom. The molecule has 1 aliphatic rings. The number of aryl methyl sites for hydroxylation is 2. The van der Waals surface area contributed by atoms with E-state index in [1.165, 1.54) is 41.5 Å². The van der Waals surface area contributed by atoms with Gasteiger partial charge >= 0.3 is 5.97 Å². The molecule has 0 fully saturated rings. The quantitative estimate of drug-likeness (QED) is 0.249. The topological polar surface area (TPSA) is 95.3 Å². The predicted molar refractivity (Wildman–Crippen MR) is 147 cm³/mol. The Bertz CT molecular complexity index is 1270. The van der Waals surface area contributed by atoms with Crippen molar-refractivity contribution >= 4 is 51.6 Å². The van der Waals surface area contributed by atoms with Crippen LogP contribution in [0, 0.1) is 6.92 Å². The molecule has 1 amide bonds. The Labute approximate surface area is 230 Å². The lowest BCUT2D eigenvalue weighted by Gasteiger charge is -2.11. The van der Waals surface area contributed by atoms with Crippen LogP contribution in [-0.2, 0) is 35.5 Å². The van der Waals surface area contributed by atoms with Crippen LogP contribution in [0.25, 0.3) is 0 Å². The summed E-state index contributed by atoms with van der Waals surface area (Å²) in [5.41, 5.74) is 2.48. The predicted octanol–water partition coefficient (Wildman–Crippen LogP) is 6.08. The number of nitrogens with zero attached hydrogens (tertiary/aromatic N) is 3. The van der Waals surface area contributed by atoms with Crippen molar-refractivity contribution in [3.05, 3.63) is 50.6 Å². The highest BCUT2D eigenvalue weighted by atomic mass is 35.5. The zero-order chi connectivity index (χ0) is 26.4. The molecule has 2 heterocycles. The van der Waals surface area contributed by atoms with E-state index < -0.39 is 5.97 Å². The molecule has 1 N–H and O–H groups in total. The minimum Gasteiger partial charge on any atom is -0.485 e. The van der Waals surface area contributed by atoms with Crippen molar-refractivity contribution in [1.29, 1.82) is 0 Å². The number of fused-ring (bicyclic) bond motifs is 1. The number of methoxy groups -OCH3 is 1. The first-order valence-electron chi connectivity index (χ1n) is 12.4. The number of carbonyl (C=O) groups excluding carboxylic acids is 2. The number of esters is 1. The molecule has 4 rings (SSSR count). The number of ether oxygens (including phenoxy) is 2. The molecule has 0 spiro atoms. The molecule has 198 valence electrons. The van der Waals surface area contributed by atoms with Gasteiger partial charge in [0, 0.05) is 16.4 Å². The third-order valence-corrected chi connectivity index (χ3v) is 8.66. The number of hydrogen-bond acceptors (Lipinski definition) is 8. The van der Waals surface area contributed by atoms with Gasteiger partial charge in [0.15, 0.2) is 11.0 Å². The van der Waals surface area contributed by atoms with E-state index >= 15 is 0 Å². The number of thioether (sulfide) groups is 1. The number of nitrogens with one attached hydrogen (secondary N) is 1. The lowest BCUT2D eigenvalue weighted by Crippen LogP contribution is -2.17. The molecule has 37 heavy (non-hydrogen) atoms. The second-order valence-corrected chi connectivity index (χ2v) is 11.3. The van der Waals surface area contributed by atoms with Crippen molar-refractivity contribution in [2.75, 3.05) is 18.2 Å². The third kappa shape index (κ3) is 6.66. The summed E-state index contributed by atoms with van der Waals surface area (Å²) in [6, 6.07) is 5.46. The van der Waals surface area contributed by atoms with E-state index in [1.54, 1.807) is 6.07 Å². The molecular formula is C26H31ClN4O4S2. The van der Waals surface area contributed by atoms with Crippen LogP contribution in [0.1, 0.15) is 64.8 Å². The number of benzene rings is 1. The molecule has 0 saturated carbocycles. The minimum atomic E-state index is -0.396. The van der Waals surface area contributed by atoms with Gasteiger partial charge < -0.3 is 19.4 Å². The second kappa shape index (κ2) is 12.8. The number of thiophene rings is 1. The number of rotatable bonds is 9. The summed E-state index contributed by atoms with van der Waals surface area (Å²) >= 11 is 8.83. The Morgan fingerprint density at radius 1 is 1.19 bits per heavy atom. The molecule has 2 aromatic heterocycles. The molecule has 0 saturated heterocycles. The smallest absolute Gasteiger partial charge is 0.341 e. The van der Waals surface area contributed by atoms with E-state index in [0.717, 1.165) is 49.0 Å². The van der Waals surface area contributed by atoms with Gasteiger partial charge in [-0.3, -0.25) is 4.79 Å². The summed E-state index contributed by atoms with van der Waals surface area (Å²) in [6.07, 6.45) is 6.23. The number of aromatic nitrogens is 3. The largest absolute Gasteiger partial charge is 0.485 e. The van der Waals surface area contributed by atoms with E-state index in [2.05, 4.69) is 15.5 Å². The fraction of sp³-hybridized carbons (Fsp3) is 0.462. The fourth-order valence-electron chi connectivity index (χ4n) is 4.39. The number of hydrogen-bond donors (Lipinski definition) is 1. The van der Waals surface area contributed by atoms with Crippen LogP contribution in [-0.4, -0.2) is 39.5 Å². The maximum absolute atomic E-state index is 12.9. The molecular weight excluding hydrogens is 532 g/mol. The zero-order valence-corrected chi connectivity index (χ0v) is 23.7. The number of amides is 1. The van der Waals surface area contributed by atoms with E-state index in [4.69, 9.17) is 21.1 Å². The molecule has 0 bridgehead atoms. The standard InChI is InChI=1S/C26H31ClN4O4S2/c1-4-31-21(14-35-19-12-11-17(27)13-16(19)2)29-30-26(31)36-15-22(32)28-24-23(25(33)34-3)18-9-7-5-6-8-10-20(18)37-24/h11-13H,4-10,14-15H2,1-3H3,(H,28,32). The zero-order valence-electron chi connectivity index (χ0n) is 21.3. The van der Waals surface area contributed by atoms with Gasteiger partial charge in [0.25, 0.3) is 0 Å². The molecule has 0 radical (unpaired) electrons. The lowest BCUT2D eigenvalue weighted by molar-refractivity contribution is -0.113. The van der Waals surface area contributed by atoms with Crippen molar-refractivity contribution in [3.63, 3.8) is 0 Å². The molecule has 0 atom stereocenters. The van der Waals surface area contributed by atoms with Crippen LogP contribution in [0.3, 0.4) is 0 Å². The van der Waals surface area contributed by atoms with E-state index in [-0.39, 0.29) is 18.3 Å². The van der Waals surface area contributed by atoms with Gasteiger partial charge in [-0.1, -0.05) is 36.2 Å². The second-order valence-electron chi connectivity index (χ2n) is 8.79. The van der Waals surface area contributed by atoms with Crippen molar-refractivity contribution < 1.29 is 19.1 Å². The highest BCUT2D eigenvalue weighted by molar-refractivity contribution is 7.99. The minimum absolute atomic E-state index is 0.137. The first kappa shape index (κ1) is 27.5. The van der Waals surface area contributed by atoms with Gasteiger partial charge in [-0.2, -0.15) is 0 Å². The molecule has 1 aromatic carbocycles. The van der Waals surface area contributed by atoms with Crippen molar-refractivity contribution in [2.45, 2.75) is 70.7 Å². The van der Waals surface area contributed by atoms with Gasteiger partial charge in [-0.05, 0) is 68.9 Å². The average Bonchev–Trinajstić information content (AvgIpc) is 3.41. The maximum Gasteiger partial charge on any atom is 0.341 e. The first-order chi connectivity index (χ1) is 17.9. The maximum atomic E-state index is 12.9. The molecule has 11 heteroatoms. The van der Waals surface area contributed by atoms with Crippen LogP contribution in [0.4, 0.5) is 5.00 Å². The third-order valence-electron chi connectivity index (χ3n) is 6.25. The number of anilines is 1. The summed E-state index contributed by atoms with van der Waals surface area (Å²) in [4.78, 5) is 26.7. The monoisotopic (exact) mass is 562 g/mol. The summed E-state index contributed by atoms with van der Waals surface area (Å²) in [7, 11) is 1.38. The molecule has 0 unspecified atom stereocenters. The average molecular weight is 563 g/mol. The van der Waals surface area contributed by atoms with Crippen molar-refractivity contribution in [1.82, 2.24) is 14.8 Å². The van der Waals surface area contributed by atoms with E-state index in [0.29, 0.717) is 33.1 Å². The molecule has 1 aliphatic carbocycles. The van der Waals surface area contributed by atoms with Crippen LogP contribution >= 0.6 is 34.7 Å². The molecule has 3 aromatic rings. The van der Waals surface area contributed by atoms with Crippen molar-refractivity contribution in [2.24, 2.45) is 0 Å². The summed E-state index contributed by atoms with van der Waals surface area (Å²) in [5, 5.41) is 13.4. The Hall–Kier alpha value is -2.56. The highest BCUT2D eigenvalue weighted by Gasteiger charge is 2.26. The first-order valence-corrected chi connectivity index (χ1v) is 14.6. The van der Waals surface area contributed by atoms with Gasteiger partial charge in [0.05, 0.1) is 18.4 Å².